The molecule has 2 N–H and O–H groups in total. The SMILES string of the molecule is Cc1ccc(C(NC(=O)Cc2nc(-c3cccs3)oc2C)C(=O)O)cc1C. The van der Waals surface area contributed by atoms with Crippen LogP contribution in [0.1, 0.15) is 34.2 Å². The van der Waals surface area contributed by atoms with Crippen LogP contribution in [0.3, 0.4) is 0 Å². The van der Waals surface area contributed by atoms with E-state index in [1.807, 2.05) is 37.4 Å². The number of benzene rings is 1. The number of hydrogen-bond acceptors (Lipinski definition) is 5. The lowest BCUT2D eigenvalue weighted by Crippen LogP contribution is -2.35. The van der Waals surface area contributed by atoms with E-state index >= 15 is 0 Å². The van der Waals surface area contributed by atoms with E-state index in [0.717, 1.165) is 16.0 Å². The quantitative estimate of drug-likeness (QED) is 0.674. The number of carbonyl (C=O) groups excluding carboxylic acids is 1. The highest BCUT2D eigenvalue weighted by molar-refractivity contribution is 7.13. The van der Waals surface area contributed by atoms with Gasteiger partial charge in [0.2, 0.25) is 11.8 Å². The van der Waals surface area contributed by atoms with Crippen molar-refractivity contribution in [3.63, 3.8) is 0 Å². The molecular formula is C20H20N2O4S. The number of carboxylic acids is 1. The highest BCUT2D eigenvalue weighted by Gasteiger charge is 2.24. The van der Waals surface area contributed by atoms with Gasteiger partial charge in [-0.2, -0.15) is 0 Å². The summed E-state index contributed by atoms with van der Waals surface area (Å²) in [6, 6.07) is 8.03. The maximum atomic E-state index is 12.4. The van der Waals surface area contributed by atoms with E-state index in [0.29, 0.717) is 22.9 Å². The summed E-state index contributed by atoms with van der Waals surface area (Å²) < 4.78 is 5.63. The predicted molar refractivity (Wildman–Crippen MR) is 103 cm³/mol. The van der Waals surface area contributed by atoms with E-state index in [4.69, 9.17) is 4.42 Å². The smallest absolute Gasteiger partial charge is 0.330 e. The van der Waals surface area contributed by atoms with Crippen LogP contribution in [0, 0.1) is 20.8 Å². The summed E-state index contributed by atoms with van der Waals surface area (Å²) >= 11 is 1.50. The fraction of sp³-hybridized carbons (Fsp3) is 0.250. The Kier molecular flexibility index (Phi) is 5.41. The highest BCUT2D eigenvalue weighted by atomic mass is 32.1. The molecule has 0 aliphatic heterocycles. The fourth-order valence-electron chi connectivity index (χ4n) is 2.69. The molecule has 0 radical (unpaired) electrons. The van der Waals surface area contributed by atoms with Crippen molar-refractivity contribution >= 4 is 23.2 Å². The van der Waals surface area contributed by atoms with Crippen LogP contribution < -0.4 is 5.32 Å². The summed E-state index contributed by atoms with van der Waals surface area (Å²) in [6.45, 7) is 5.60. The molecule has 140 valence electrons. The summed E-state index contributed by atoms with van der Waals surface area (Å²) in [4.78, 5) is 29.4. The number of carboxylic acid groups (broad SMARTS) is 1. The molecule has 1 aromatic carbocycles. The molecule has 0 aliphatic rings. The molecular weight excluding hydrogens is 364 g/mol. The zero-order chi connectivity index (χ0) is 19.6. The number of amides is 1. The van der Waals surface area contributed by atoms with Crippen LogP contribution in [0.5, 0.6) is 0 Å². The van der Waals surface area contributed by atoms with Gasteiger partial charge in [0, 0.05) is 0 Å². The molecule has 1 amide bonds. The largest absolute Gasteiger partial charge is 0.479 e. The monoisotopic (exact) mass is 384 g/mol. The van der Waals surface area contributed by atoms with Gasteiger partial charge < -0.3 is 14.8 Å². The van der Waals surface area contributed by atoms with Gasteiger partial charge in [-0.3, -0.25) is 4.79 Å². The second-order valence-corrected chi connectivity index (χ2v) is 7.31. The molecule has 0 saturated carbocycles. The Morgan fingerprint density at radius 1 is 1.22 bits per heavy atom. The van der Waals surface area contributed by atoms with Crippen molar-refractivity contribution in [3.05, 3.63) is 63.9 Å². The number of nitrogens with one attached hydrogen (secondary N) is 1. The molecule has 0 bridgehead atoms. The van der Waals surface area contributed by atoms with Crippen LogP contribution in [-0.2, 0) is 16.0 Å². The average molecular weight is 384 g/mol. The van der Waals surface area contributed by atoms with E-state index in [1.54, 1.807) is 19.1 Å². The Balaban J connectivity index is 1.75. The lowest BCUT2D eigenvalue weighted by atomic mass is 10.0. The number of nitrogens with zero attached hydrogens (tertiary/aromatic N) is 1. The van der Waals surface area contributed by atoms with Crippen molar-refractivity contribution in [3.8, 4) is 10.8 Å². The number of carbonyl (C=O) groups is 2. The van der Waals surface area contributed by atoms with Gasteiger partial charge in [0.1, 0.15) is 5.76 Å². The first-order valence-corrected chi connectivity index (χ1v) is 9.32. The molecule has 7 heteroatoms. The van der Waals surface area contributed by atoms with E-state index in [2.05, 4.69) is 10.3 Å². The van der Waals surface area contributed by atoms with Gasteiger partial charge in [0.05, 0.1) is 17.0 Å². The minimum Gasteiger partial charge on any atom is -0.479 e. The second kappa shape index (κ2) is 7.75. The van der Waals surface area contributed by atoms with Gasteiger partial charge >= 0.3 is 5.97 Å². The van der Waals surface area contributed by atoms with Gasteiger partial charge in [-0.1, -0.05) is 24.3 Å². The number of aliphatic carboxylic acids is 1. The molecule has 0 saturated heterocycles. The van der Waals surface area contributed by atoms with Gasteiger partial charge in [0.15, 0.2) is 6.04 Å². The summed E-state index contributed by atoms with van der Waals surface area (Å²) in [5.74, 6) is -0.515. The van der Waals surface area contributed by atoms with Gasteiger partial charge in [-0.25, -0.2) is 9.78 Å². The number of aromatic nitrogens is 1. The Morgan fingerprint density at radius 2 is 2.00 bits per heavy atom. The predicted octanol–water partition coefficient (Wildman–Crippen LogP) is 3.81. The van der Waals surface area contributed by atoms with Gasteiger partial charge in [-0.05, 0) is 48.9 Å². The molecule has 1 atom stereocenters. The molecule has 3 aromatic rings. The fourth-order valence-corrected chi connectivity index (χ4v) is 3.34. The number of rotatable bonds is 6. The second-order valence-electron chi connectivity index (χ2n) is 6.36. The van der Waals surface area contributed by atoms with Crippen molar-refractivity contribution in [1.82, 2.24) is 10.3 Å². The zero-order valence-corrected chi connectivity index (χ0v) is 16.1. The number of oxazole rings is 1. The van der Waals surface area contributed by atoms with Crippen LogP contribution in [-0.4, -0.2) is 22.0 Å². The van der Waals surface area contributed by atoms with E-state index in [-0.39, 0.29) is 6.42 Å². The third-order valence-electron chi connectivity index (χ3n) is 4.37. The minimum atomic E-state index is -1.11. The van der Waals surface area contributed by atoms with Crippen LogP contribution in [0.2, 0.25) is 0 Å². The Morgan fingerprint density at radius 3 is 2.63 bits per heavy atom. The molecule has 0 aliphatic carbocycles. The van der Waals surface area contributed by atoms with Crippen molar-refractivity contribution in [2.24, 2.45) is 0 Å². The average Bonchev–Trinajstić information content (AvgIpc) is 3.25. The first kappa shape index (κ1) is 18.8. The van der Waals surface area contributed by atoms with Crippen molar-refractivity contribution in [2.75, 3.05) is 0 Å². The number of aryl methyl sites for hydroxylation is 3. The summed E-state index contributed by atoms with van der Waals surface area (Å²) in [7, 11) is 0. The molecule has 2 heterocycles. The summed E-state index contributed by atoms with van der Waals surface area (Å²) in [5.41, 5.74) is 3.07. The van der Waals surface area contributed by atoms with Crippen molar-refractivity contribution < 1.29 is 19.1 Å². The number of thiophene rings is 1. The normalized spacial score (nSPS) is 12.0. The van der Waals surface area contributed by atoms with Gasteiger partial charge in [-0.15, -0.1) is 11.3 Å². The summed E-state index contributed by atoms with van der Waals surface area (Å²) in [6.07, 6.45) is -0.0463. The van der Waals surface area contributed by atoms with E-state index < -0.39 is 17.9 Å². The van der Waals surface area contributed by atoms with Crippen LogP contribution in [0.4, 0.5) is 0 Å². The third kappa shape index (κ3) is 4.25. The molecule has 27 heavy (non-hydrogen) atoms. The first-order chi connectivity index (χ1) is 12.8. The lowest BCUT2D eigenvalue weighted by molar-refractivity contribution is -0.142. The van der Waals surface area contributed by atoms with Crippen molar-refractivity contribution in [1.29, 1.82) is 0 Å². The van der Waals surface area contributed by atoms with E-state index in [9.17, 15) is 14.7 Å². The number of hydrogen-bond donors (Lipinski definition) is 2. The zero-order valence-electron chi connectivity index (χ0n) is 15.3. The molecule has 2 aromatic heterocycles. The maximum absolute atomic E-state index is 12.4. The third-order valence-corrected chi connectivity index (χ3v) is 5.23. The topological polar surface area (TPSA) is 92.4 Å². The Bertz CT molecular complexity index is 976. The van der Waals surface area contributed by atoms with Crippen LogP contribution >= 0.6 is 11.3 Å². The lowest BCUT2D eigenvalue weighted by Gasteiger charge is -2.16. The van der Waals surface area contributed by atoms with Crippen LogP contribution in [0.25, 0.3) is 10.8 Å². The molecule has 3 rings (SSSR count). The molecule has 6 nitrogen and oxygen atoms in total. The Labute approximate surface area is 160 Å². The maximum Gasteiger partial charge on any atom is 0.330 e. The van der Waals surface area contributed by atoms with Crippen LogP contribution in [0.15, 0.2) is 40.1 Å². The first-order valence-electron chi connectivity index (χ1n) is 8.44. The Hall–Kier alpha value is -2.93. The molecule has 0 fully saturated rings. The summed E-state index contributed by atoms with van der Waals surface area (Å²) in [5, 5.41) is 14.0. The van der Waals surface area contributed by atoms with E-state index in [1.165, 1.54) is 11.3 Å². The highest BCUT2D eigenvalue weighted by Crippen LogP contribution is 2.26. The molecule has 0 spiro atoms. The van der Waals surface area contributed by atoms with Gasteiger partial charge in [0.25, 0.3) is 0 Å². The van der Waals surface area contributed by atoms with Crippen molar-refractivity contribution in [2.45, 2.75) is 33.2 Å². The molecule has 1 unspecified atom stereocenters. The standard InChI is InChI=1S/C20H20N2O4S/c1-11-6-7-14(9-12(11)2)18(20(24)25)22-17(23)10-15-13(3)26-19(21-15)16-5-4-8-27-16/h4-9,18H,10H2,1-3H3,(H,22,23)(H,24,25). The minimum absolute atomic E-state index is 0.0463.